The van der Waals surface area contributed by atoms with E-state index in [1.165, 1.54) is 0 Å². The monoisotopic (exact) mass is 251 g/mol. The Balaban J connectivity index is 1.91. The van der Waals surface area contributed by atoms with Crippen molar-refractivity contribution in [1.29, 1.82) is 0 Å². The van der Waals surface area contributed by atoms with Crippen LogP contribution in [0.1, 0.15) is 30.1 Å². The average molecular weight is 251 g/mol. The van der Waals surface area contributed by atoms with Gasteiger partial charge in [0, 0.05) is 24.2 Å². The minimum Gasteiger partial charge on any atom is -0.356 e. The molecule has 92 valence electrons. The van der Waals surface area contributed by atoms with Gasteiger partial charge in [0.25, 0.3) is 0 Å². The van der Waals surface area contributed by atoms with Gasteiger partial charge in [-0.15, -0.1) is 10.2 Å². The molecular formula is C11H17N5S. The van der Waals surface area contributed by atoms with E-state index in [1.807, 2.05) is 13.1 Å². The van der Waals surface area contributed by atoms with Gasteiger partial charge in [0.15, 0.2) is 0 Å². The van der Waals surface area contributed by atoms with E-state index in [-0.39, 0.29) is 0 Å². The number of hydrogen-bond acceptors (Lipinski definition) is 5. The van der Waals surface area contributed by atoms with Gasteiger partial charge >= 0.3 is 0 Å². The highest BCUT2D eigenvalue weighted by atomic mass is 32.1. The Morgan fingerprint density at radius 2 is 2.24 bits per heavy atom. The van der Waals surface area contributed by atoms with E-state index < -0.39 is 0 Å². The minimum atomic E-state index is 0.618. The number of hydrogen-bond donors (Lipinski definition) is 2. The molecular weight excluding hydrogens is 234 g/mol. The Hall–Kier alpha value is -1.43. The quantitative estimate of drug-likeness (QED) is 0.856. The van der Waals surface area contributed by atoms with Gasteiger partial charge < -0.3 is 5.32 Å². The molecule has 6 heteroatoms. The average Bonchev–Trinajstić information content (AvgIpc) is 2.84. The lowest BCUT2D eigenvalue weighted by molar-refractivity contribution is 0.640. The van der Waals surface area contributed by atoms with Crippen molar-refractivity contribution in [2.45, 2.75) is 33.7 Å². The van der Waals surface area contributed by atoms with Crippen LogP contribution in [0, 0.1) is 12.8 Å². The third-order valence-electron chi connectivity index (χ3n) is 2.41. The molecule has 0 radical (unpaired) electrons. The summed E-state index contributed by atoms with van der Waals surface area (Å²) in [5.74, 6) is 0.618. The smallest absolute Gasteiger partial charge is 0.205 e. The summed E-state index contributed by atoms with van der Waals surface area (Å²) in [5, 5.41) is 20.4. The number of aromatic nitrogens is 4. The van der Waals surface area contributed by atoms with Gasteiger partial charge in [0.05, 0.1) is 6.20 Å². The van der Waals surface area contributed by atoms with Gasteiger partial charge in [0.2, 0.25) is 5.13 Å². The van der Waals surface area contributed by atoms with E-state index in [0.717, 1.165) is 34.4 Å². The number of rotatable bonds is 5. The molecule has 2 aromatic heterocycles. The molecule has 0 bridgehead atoms. The number of H-pyrrole nitrogens is 1. The standard InChI is InChI=1S/C11H17N5S/c1-7(2)4-10-15-16-11(17-10)12-5-9-6-13-14-8(9)3/h6-7H,4-5H2,1-3H3,(H,12,16)(H,13,14). The molecule has 0 amide bonds. The summed E-state index contributed by atoms with van der Waals surface area (Å²) in [4.78, 5) is 0. The highest BCUT2D eigenvalue weighted by Gasteiger charge is 2.06. The molecule has 2 heterocycles. The predicted molar refractivity (Wildman–Crippen MR) is 69.1 cm³/mol. The van der Waals surface area contributed by atoms with Crippen LogP contribution in [0.3, 0.4) is 0 Å². The van der Waals surface area contributed by atoms with Crippen LogP contribution in [0.25, 0.3) is 0 Å². The molecule has 2 aromatic rings. The third-order valence-corrected chi connectivity index (χ3v) is 3.32. The molecule has 0 fully saturated rings. The zero-order valence-corrected chi connectivity index (χ0v) is 11.1. The predicted octanol–water partition coefficient (Wildman–Crippen LogP) is 2.38. The van der Waals surface area contributed by atoms with Gasteiger partial charge in [-0.25, -0.2) is 0 Å². The summed E-state index contributed by atoms with van der Waals surface area (Å²) in [6, 6.07) is 0. The molecule has 0 aliphatic rings. The largest absolute Gasteiger partial charge is 0.356 e. The topological polar surface area (TPSA) is 66.5 Å². The van der Waals surface area contributed by atoms with Crippen molar-refractivity contribution in [1.82, 2.24) is 20.4 Å². The molecule has 0 unspecified atom stereocenters. The van der Waals surface area contributed by atoms with Crippen molar-refractivity contribution in [3.63, 3.8) is 0 Å². The maximum Gasteiger partial charge on any atom is 0.205 e. The summed E-state index contributed by atoms with van der Waals surface area (Å²) in [6.45, 7) is 7.11. The van der Waals surface area contributed by atoms with Crippen molar-refractivity contribution in [3.05, 3.63) is 22.5 Å². The lowest BCUT2D eigenvalue weighted by Crippen LogP contribution is -1.99. The fourth-order valence-electron chi connectivity index (χ4n) is 1.48. The zero-order chi connectivity index (χ0) is 12.3. The number of anilines is 1. The van der Waals surface area contributed by atoms with Crippen molar-refractivity contribution in [2.75, 3.05) is 5.32 Å². The van der Waals surface area contributed by atoms with Gasteiger partial charge in [-0.3, -0.25) is 5.10 Å². The molecule has 17 heavy (non-hydrogen) atoms. The second-order valence-electron chi connectivity index (χ2n) is 4.47. The lowest BCUT2D eigenvalue weighted by Gasteiger charge is -2.00. The van der Waals surface area contributed by atoms with Crippen molar-refractivity contribution >= 4 is 16.5 Å². The van der Waals surface area contributed by atoms with Crippen LogP contribution in [-0.4, -0.2) is 20.4 Å². The normalized spacial score (nSPS) is 11.1. The fourth-order valence-corrected chi connectivity index (χ4v) is 2.43. The SMILES string of the molecule is Cc1[nH]ncc1CNc1nnc(CC(C)C)s1. The van der Waals surface area contributed by atoms with E-state index in [9.17, 15) is 0 Å². The van der Waals surface area contributed by atoms with E-state index in [0.29, 0.717) is 5.92 Å². The second-order valence-corrected chi connectivity index (χ2v) is 5.53. The Bertz CT molecular complexity index is 474. The summed E-state index contributed by atoms with van der Waals surface area (Å²) in [6.07, 6.45) is 2.82. The molecule has 0 saturated carbocycles. The van der Waals surface area contributed by atoms with Gasteiger partial charge in [-0.05, 0) is 12.8 Å². The first-order chi connectivity index (χ1) is 8.15. The van der Waals surface area contributed by atoms with E-state index in [4.69, 9.17) is 0 Å². The Morgan fingerprint density at radius 3 is 2.88 bits per heavy atom. The second kappa shape index (κ2) is 5.27. The number of nitrogens with zero attached hydrogens (tertiary/aromatic N) is 3. The van der Waals surface area contributed by atoms with Crippen LogP contribution in [0.4, 0.5) is 5.13 Å². The first-order valence-corrected chi connectivity index (χ1v) is 6.52. The molecule has 0 atom stereocenters. The molecule has 5 nitrogen and oxygen atoms in total. The maximum absolute atomic E-state index is 4.16. The summed E-state index contributed by atoms with van der Waals surface area (Å²) >= 11 is 1.62. The molecule has 2 N–H and O–H groups in total. The van der Waals surface area contributed by atoms with E-state index in [2.05, 4.69) is 39.6 Å². The zero-order valence-electron chi connectivity index (χ0n) is 10.3. The molecule has 2 rings (SSSR count). The lowest BCUT2D eigenvalue weighted by atomic mass is 10.1. The molecule has 0 saturated heterocycles. The van der Waals surface area contributed by atoms with Crippen LogP contribution < -0.4 is 5.32 Å². The van der Waals surface area contributed by atoms with Crippen molar-refractivity contribution in [3.8, 4) is 0 Å². The number of nitrogens with one attached hydrogen (secondary N) is 2. The Morgan fingerprint density at radius 1 is 1.41 bits per heavy atom. The highest BCUT2D eigenvalue weighted by molar-refractivity contribution is 7.15. The highest BCUT2D eigenvalue weighted by Crippen LogP contribution is 2.19. The van der Waals surface area contributed by atoms with Gasteiger partial charge in [0.1, 0.15) is 5.01 Å². The van der Waals surface area contributed by atoms with Crippen LogP contribution >= 0.6 is 11.3 Å². The van der Waals surface area contributed by atoms with Crippen molar-refractivity contribution < 1.29 is 0 Å². The van der Waals surface area contributed by atoms with Crippen LogP contribution in [0.15, 0.2) is 6.20 Å². The van der Waals surface area contributed by atoms with Gasteiger partial charge in [-0.2, -0.15) is 5.10 Å². The first kappa shape index (κ1) is 12.0. The Kier molecular flexibility index (Phi) is 3.73. The maximum atomic E-state index is 4.16. The Labute approximate surface area is 105 Å². The van der Waals surface area contributed by atoms with E-state index in [1.54, 1.807) is 11.3 Å². The first-order valence-electron chi connectivity index (χ1n) is 5.70. The van der Waals surface area contributed by atoms with Crippen LogP contribution in [-0.2, 0) is 13.0 Å². The number of aromatic amines is 1. The summed E-state index contributed by atoms with van der Waals surface area (Å²) in [5.41, 5.74) is 2.25. The van der Waals surface area contributed by atoms with Crippen molar-refractivity contribution in [2.24, 2.45) is 5.92 Å². The summed E-state index contributed by atoms with van der Waals surface area (Å²) < 4.78 is 0. The molecule has 0 aromatic carbocycles. The van der Waals surface area contributed by atoms with Gasteiger partial charge in [-0.1, -0.05) is 25.2 Å². The molecule has 0 aliphatic carbocycles. The molecule has 0 spiro atoms. The fraction of sp³-hybridized carbons (Fsp3) is 0.545. The summed E-state index contributed by atoms with van der Waals surface area (Å²) in [7, 11) is 0. The minimum absolute atomic E-state index is 0.618. The van der Waals surface area contributed by atoms with E-state index >= 15 is 0 Å². The third kappa shape index (κ3) is 3.26. The number of aryl methyl sites for hydroxylation is 1. The molecule has 0 aliphatic heterocycles. The van der Waals surface area contributed by atoms with Crippen LogP contribution in [0.5, 0.6) is 0 Å². The van der Waals surface area contributed by atoms with Crippen LogP contribution in [0.2, 0.25) is 0 Å².